The van der Waals surface area contributed by atoms with E-state index < -0.39 is 33.5 Å². The zero-order chi connectivity index (χ0) is 30.5. The maximum atomic E-state index is 16.2. The van der Waals surface area contributed by atoms with Gasteiger partial charge in [-0.15, -0.1) is 0 Å². The molecule has 3 aromatic rings. The van der Waals surface area contributed by atoms with E-state index in [0.29, 0.717) is 54.8 Å². The first-order valence-corrected chi connectivity index (χ1v) is 16.8. The summed E-state index contributed by atoms with van der Waals surface area (Å²) in [6, 6.07) is 15.8. The highest BCUT2D eigenvalue weighted by Gasteiger charge is 2.49. The number of alkyl halides is 2. The van der Waals surface area contributed by atoms with E-state index in [1.165, 1.54) is 72.7 Å². The van der Waals surface area contributed by atoms with Crippen LogP contribution < -0.4 is 9.46 Å². The third-order valence-corrected chi connectivity index (χ3v) is 10.0. The lowest BCUT2D eigenvalue weighted by Gasteiger charge is -2.34. The number of nitrogens with one attached hydrogen (secondary N) is 1. The highest BCUT2D eigenvalue weighted by Crippen LogP contribution is 2.36. The van der Waals surface area contributed by atoms with Gasteiger partial charge in [0.05, 0.1) is 11.5 Å². The third kappa shape index (κ3) is 7.75. The van der Waals surface area contributed by atoms with Crippen LogP contribution in [0.5, 0.6) is 5.75 Å². The SMILES string of the molecule is O=C([C@@H](NS(=O)(=O)c1ccc(OCC2CCCCC2)cc1)C(F)(F)c1ccc(-c2ccc(Cl)cc2)cc1)N1CCCCC1. The summed E-state index contributed by atoms with van der Waals surface area (Å²) in [7, 11) is -4.49. The summed E-state index contributed by atoms with van der Waals surface area (Å²) in [5.74, 6) is -3.79. The van der Waals surface area contributed by atoms with Gasteiger partial charge in [0.15, 0.2) is 6.04 Å². The summed E-state index contributed by atoms with van der Waals surface area (Å²) in [5.41, 5.74) is 1.00. The molecule has 5 rings (SSSR count). The topological polar surface area (TPSA) is 75.7 Å². The van der Waals surface area contributed by atoms with Gasteiger partial charge in [-0.05, 0) is 85.5 Å². The van der Waals surface area contributed by atoms with Crippen LogP contribution in [0, 0.1) is 5.92 Å². The first-order valence-electron chi connectivity index (χ1n) is 14.9. The lowest BCUT2D eigenvalue weighted by Crippen LogP contribution is -2.56. The number of amides is 1. The van der Waals surface area contributed by atoms with E-state index in [9.17, 15) is 13.2 Å². The van der Waals surface area contributed by atoms with Crippen molar-refractivity contribution < 1.29 is 26.7 Å². The molecule has 1 saturated carbocycles. The van der Waals surface area contributed by atoms with Gasteiger partial charge in [-0.2, -0.15) is 13.5 Å². The minimum Gasteiger partial charge on any atom is -0.493 e. The van der Waals surface area contributed by atoms with Crippen molar-refractivity contribution in [3.05, 3.63) is 83.4 Å². The second kappa shape index (κ2) is 13.7. The summed E-state index contributed by atoms with van der Waals surface area (Å²) < 4.78 is 67.2. The number of hydrogen-bond acceptors (Lipinski definition) is 4. The number of piperidine rings is 1. The van der Waals surface area contributed by atoms with Crippen LogP contribution in [0.3, 0.4) is 0 Å². The molecule has 0 aromatic heterocycles. The zero-order valence-electron chi connectivity index (χ0n) is 24.0. The molecule has 2 fully saturated rings. The van der Waals surface area contributed by atoms with Gasteiger partial charge in [0.2, 0.25) is 15.9 Å². The fraction of sp³-hybridized carbons (Fsp3) is 0.424. The van der Waals surface area contributed by atoms with Gasteiger partial charge in [-0.1, -0.05) is 67.3 Å². The van der Waals surface area contributed by atoms with Crippen molar-refractivity contribution in [2.45, 2.75) is 68.2 Å². The van der Waals surface area contributed by atoms with E-state index in [2.05, 4.69) is 4.72 Å². The van der Waals surface area contributed by atoms with Gasteiger partial charge in [0.1, 0.15) is 5.75 Å². The van der Waals surface area contributed by atoms with Crippen LogP contribution in [0.1, 0.15) is 56.9 Å². The molecule has 10 heteroatoms. The molecule has 1 saturated heterocycles. The summed E-state index contributed by atoms with van der Waals surface area (Å²) in [5, 5.41) is 0.555. The van der Waals surface area contributed by atoms with Crippen molar-refractivity contribution in [2.75, 3.05) is 19.7 Å². The smallest absolute Gasteiger partial charge is 0.298 e. The highest BCUT2D eigenvalue weighted by atomic mass is 35.5. The third-order valence-electron chi connectivity index (χ3n) is 8.34. The molecule has 1 aliphatic carbocycles. The van der Waals surface area contributed by atoms with Crippen LogP contribution in [0.15, 0.2) is 77.7 Å². The summed E-state index contributed by atoms with van der Waals surface area (Å²) in [6.07, 6.45) is 8.07. The zero-order valence-corrected chi connectivity index (χ0v) is 25.6. The average Bonchev–Trinajstić information content (AvgIpc) is 3.04. The van der Waals surface area contributed by atoms with Crippen LogP contribution in [0.2, 0.25) is 5.02 Å². The Morgan fingerprint density at radius 1 is 0.860 bits per heavy atom. The predicted molar refractivity (Wildman–Crippen MR) is 164 cm³/mol. The van der Waals surface area contributed by atoms with Crippen molar-refractivity contribution in [1.29, 1.82) is 0 Å². The fourth-order valence-corrected chi connectivity index (χ4v) is 7.09. The predicted octanol–water partition coefficient (Wildman–Crippen LogP) is 7.42. The molecule has 1 heterocycles. The van der Waals surface area contributed by atoms with Gasteiger partial charge in [0, 0.05) is 23.7 Å². The molecule has 1 amide bonds. The van der Waals surface area contributed by atoms with Crippen molar-refractivity contribution in [2.24, 2.45) is 5.92 Å². The Bertz CT molecular complexity index is 1470. The Morgan fingerprint density at radius 2 is 1.42 bits per heavy atom. The molecular weight excluding hydrogens is 594 g/mol. The Hall–Kier alpha value is -3.01. The largest absolute Gasteiger partial charge is 0.493 e. The number of hydrogen-bond donors (Lipinski definition) is 1. The maximum absolute atomic E-state index is 16.2. The van der Waals surface area contributed by atoms with Crippen LogP contribution in [-0.4, -0.2) is 45.0 Å². The number of benzene rings is 3. The van der Waals surface area contributed by atoms with Crippen LogP contribution in [-0.2, 0) is 20.7 Å². The number of sulfonamides is 1. The molecule has 43 heavy (non-hydrogen) atoms. The Labute approximate surface area is 257 Å². The number of carbonyl (C=O) groups excluding carboxylic acids is 1. The van der Waals surface area contributed by atoms with E-state index >= 15 is 8.78 Å². The van der Waals surface area contributed by atoms with Gasteiger partial charge in [-0.3, -0.25) is 4.79 Å². The van der Waals surface area contributed by atoms with E-state index in [1.807, 2.05) is 0 Å². The molecule has 1 aliphatic heterocycles. The molecule has 1 N–H and O–H groups in total. The van der Waals surface area contributed by atoms with E-state index in [0.717, 1.165) is 24.8 Å². The summed E-state index contributed by atoms with van der Waals surface area (Å²) in [4.78, 5) is 14.6. The molecule has 1 atom stereocenters. The van der Waals surface area contributed by atoms with Crippen molar-refractivity contribution in [3.63, 3.8) is 0 Å². The Morgan fingerprint density at radius 3 is 2.02 bits per heavy atom. The second-order valence-electron chi connectivity index (χ2n) is 11.4. The van der Waals surface area contributed by atoms with Gasteiger partial charge < -0.3 is 9.64 Å². The fourth-order valence-electron chi connectivity index (χ4n) is 5.78. The van der Waals surface area contributed by atoms with Crippen molar-refractivity contribution in [3.8, 4) is 16.9 Å². The summed E-state index contributed by atoms with van der Waals surface area (Å²) >= 11 is 5.96. The lowest BCUT2D eigenvalue weighted by atomic mass is 9.90. The van der Waals surface area contributed by atoms with E-state index in [1.54, 1.807) is 24.3 Å². The Balaban J connectivity index is 1.36. The van der Waals surface area contributed by atoms with Gasteiger partial charge in [-0.25, -0.2) is 8.42 Å². The standard InChI is InChI=1S/C33H37ClF2N2O4S/c34-28-15-11-26(12-16-28)25-9-13-27(14-10-25)33(35,36)31(32(39)38-21-5-2-6-22-38)37-43(40,41)30-19-17-29(18-20-30)42-23-24-7-3-1-4-8-24/h9-20,24,31,37H,1-8,21-23H2/t31-/m1/s1. The van der Waals surface area contributed by atoms with E-state index in [-0.39, 0.29) is 4.90 Å². The molecule has 0 radical (unpaired) electrons. The minimum atomic E-state index is -4.49. The number of ether oxygens (including phenoxy) is 1. The minimum absolute atomic E-state index is 0.220. The number of likely N-dealkylation sites (tertiary alicyclic amines) is 1. The lowest BCUT2D eigenvalue weighted by molar-refractivity contribution is -0.145. The van der Waals surface area contributed by atoms with Gasteiger partial charge >= 0.3 is 0 Å². The van der Waals surface area contributed by atoms with Crippen LogP contribution in [0.25, 0.3) is 11.1 Å². The second-order valence-corrected chi connectivity index (χ2v) is 13.6. The molecular formula is C33H37ClF2N2O4S. The molecule has 0 bridgehead atoms. The number of nitrogens with zero attached hydrogens (tertiary/aromatic N) is 1. The molecule has 0 spiro atoms. The van der Waals surface area contributed by atoms with Crippen molar-refractivity contribution in [1.82, 2.24) is 9.62 Å². The first-order chi connectivity index (χ1) is 20.6. The van der Waals surface area contributed by atoms with Gasteiger partial charge in [0.25, 0.3) is 5.92 Å². The van der Waals surface area contributed by atoms with Crippen LogP contribution in [0.4, 0.5) is 8.78 Å². The van der Waals surface area contributed by atoms with E-state index in [4.69, 9.17) is 16.3 Å². The molecule has 3 aromatic carbocycles. The number of rotatable bonds is 10. The quantitative estimate of drug-likeness (QED) is 0.253. The molecule has 230 valence electrons. The highest BCUT2D eigenvalue weighted by molar-refractivity contribution is 7.89. The number of halogens is 3. The number of carbonyl (C=O) groups is 1. The molecule has 0 unspecified atom stereocenters. The van der Waals surface area contributed by atoms with Crippen molar-refractivity contribution >= 4 is 27.5 Å². The summed E-state index contributed by atoms with van der Waals surface area (Å²) in [6.45, 7) is 1.16. The van der Waals surface area contributed by atoms with Crippen LogP contribution >= 0.6 is 11.6 Å². The maximum Gasteiger partial charge on any atom is 0.298 e. The first kappa shape index (κ1) is 31.4. The average molecular weight is 631 g/mol. The Kier molecular flexibility index (Phi) is 10.0. The monoisotopic (exact) mass is 630 g/mol. The molecule has 2 aliphatic rings. The normalized spacial score (nSPS) is 17.4. The molecule has 6 nitrogen and oxygen atoms in total.